The van der Waals surface area contributed by atoms with Crippen LogP contribution in [0.2, 0.25) is 0 Å². The fourth-order valence-electron chi connectivity index (χ4n) is 2.16. The summed E-state index contributed by atoms with van der Waals surface area (Å²) in [5, 5.41) is 14.8. The molecule has 0 aliphatic heterocycles. The lowest BCUT2D eigenvalue weighted by Gasteiger charge is -2.16. The molecule has 2 heterocycles. The summed E-state index contributed by atoms with van der Waals surface area (Å²) in [7, 11) is 5.60. The second-order valence-corrected chi connectivity index (χ2v) is 5.17. The molecule has 0 aromatic carbocycles. The van der Waals surface area contributed by atoms with Crippen molar-refractivity contribution >= 4 is 0 Å². The molecule has 1 atom stereocenters. The van der Waals surface area contributed by atoms with E-state index in [4.69, 9.17) is 4.74 Å². The van der Waals surface area contributed by atoms with Crippen LogP contribution in [0.4, 0.5) is 0 Å². The van der Waals surface area contributed by atoms with E-state index in [2.05, 4.69) is 15.0 Å². The summed E-state index contributed by atoms with van der Waals surface area (Å²) in [6.45, 7) is 1.54. The van der Waals surface area contributed by atoms with E-state index in [9.17, 15) is 5.11 Å². The van der Waals surface area contributed by atoms with Gasteiger partial charge < -0.3 is 14.7 Å². The highest BCUT2D eigenvalue weighted by molar-refractivity contribution is 5.28. The molecule has 2 aromatic heterocycles. The molecule has 114 valence electrons. The number of aliphatic hydroxyl groups excluding tert-OH is 1. The second kappa shape index (κ2) is 7.19. The molecule has 2 rings (SSSR count). The van der Waals surface area contributed by atoms with Crippen LogP contribution < -0.4 is 4.74 Å². The third kappa shape index (κ3) is 4.03. The molecule has 21 heavy (non-hydrogen) atoms. The average molecular weight is 290 g/mol. The molecule has 6 nitrogen and oxygen atoms in total. The first-order chi connectivity index (χ1) is 10.1. The van der Waals surface area contributed by atoms with Gasteiger partial charge in [0.15, 0.2) is 5.75 Å². The number of pyridine rings is 1. The van der Waals surface area contributed by atoms with Gasteiger partial charge in [-0.2, -0.15) is 5.10 Å². The minimum Gasteiger partial charge on any atom is -0.493 e. The number of ether oxygens (including phenoxy) is 1. The van der Waals surface area contributed by atoms with Gasteiger partial charge in [0.2, 0.25) is 0 Å². The highest BCUT2D eigenvalue weighted by Crippen LogP contribution is 2.27. The average Bonchev–Trinajstić information content (AvgIpc) is 2.89. The highest BCUT2D eigenvalue weighted by atomic mass is 16.5. The van der Waals surface area contributed by atoms with Gasteiger partial charge in [0, 0.05) is 24.9 Å². The fourth-order valence-corrected chi connectivity index (χ4v) is 2.16. The summed E-state index contributed by atoms with van der Waals surface area (Å²) in [4.78, 5) is 6.32. The summed E-state index contributed by atoms with van der Waals surface area (Å²) in [5.41, 5.74) is 1.54. The van der Waals surface area contributed by atoms with Gasteiger partial charge in [0.1, 0.15) is 11.8 Å². The van der Waals surface area contributed by atoms with E-state index < -0.39 is 6.10 Å². The Morgan fingerprint density at radius 2 is 2.19 bits per heavy atom. The number of nitrogens with zero attached hydrogens (tertiary/aromatic N) is 4. The van der Waals surface area contributed by atoms with E-state index in [0.717, 1.165) is 12.2 Å². The van der Waals surface area contributed by atoms with Crippen LogP contribution in [0.25, 0.3) is 0 Å². The molecule has 0 aliphatic rings. The van der Waals surface area contributed by atoms with Gasteiger partial charge in [0.05, 0.1) is 19.9 Å². The Bertz CT molecular complexity index is 554. The van der Waals surface area contributed by atoms with Crippen molar-refractivity contribution in [3.05, 3.63) is 42.0 Å². The zero-order valence-electron chi connectivity index (χ0n) is 12.7. The predicted octanol–water partition coefficient (Wildman–Crippen LogP) is 1.12. The van der Waals surface area contributed by atoms with Crippen molar-refractivity contribution in [3.63, 3.8) is 0 Å². The topological polar surface area (TPSA) is 63.4 Å². The Balaban J connectivity index is 2.17. The first kappa shape index (κ1) is 15.5. The van der Waals surface area contributed by atoms with Gasteiger partial charge in [-0.3, -0.25) is 9.67 Å². The molecule has 1 N–H and O–H groups in total. The molecule has 0 radical (unpaired) electrons. The maximum atomic E-state index is 10.5. The summed E-state index contributed by atoms with van der Waals surface area (Å²) in [5.74, 6) is 0.609. The number of hydrogen-bond donors (Lipinski definition) is 1. The molecule has 1 unspecified atom stereocenters. The van der Waals surface area contributed by atoms with Gasteiger partial charge in [0.25, 0.3) is 0 Å². The van der Waals surface area contributed by atoms with Crippen LogP contribution in [0.3, 0.4) is 0 Å². The minimum atomic E-state index is -0.695. The molecule has 0 aliphatic carbocycles. The minimum absolute atomic E-state index is 0.435. The largest absolute Gasteiger partial charge is 0.493 e. The molecule has 0 amide bonds. The smallest absolute Gasteiger partial charge is 0.162 e. The molecule has 0 saturated carbocycles. The lowest BCUT2D eigenvalue weighted by Crippen LogP contribution is -2.21. The SMILES string of the molecule is COc1cnn(CCN(C)C)c1C(O)Cc1ccccn1. The number of hydrogen-bond acceptors (Lipinski definition) is 5. The normalized spacial score (nSPS) is 12.6. The van der Waals surface area contributed by atoms with Gasteiger partial charge in [-0.1, -0.05) is 6.07 Å². The van der Waals surface area contributed by atoms with Gasteiger partial charge in [-0.15, -0.1) is 0 Å². The Hall–Kier alpha value is -1.92. The van der Waals surface area contributed by atoms with E-state index in [1.807, 2.05) is 32.3 Å². The Labute approximate surface area is 125 Å². The van der Waals surface area contributed by atoms with Crippen LogP contribution in [0, 0.1) is 0 Å². The standard InChI is InChI=1S/C15H22N4O2/c1-18(2)8-9-19-15(14(21-3)11-17-19)13(20)10-12-6-4-5-7-16-12/h4-7,11,13,20H,8-10H2,1-3H3. The number of methoxy groups -OCH3 is 1. The number of aromatic nitrogens is 3. The monoisotopic (exact) mass is 290 g/mol. The van der Waals surface area contributed by atoms with E-state index in [1.54, 1.807) is 24.2 Å². The lowest BCUT2D eigenvalue weighted by molar-refractivity contribution is 0.160. The maximum Gasteiger partial charge on any atom is 0.162 e. The van der Waals surface area contributed by atoms with Crippen molar-refractivity contribution in [1.82, 2.24) is 19.7 Å². The third-order valence-electron chi connectivity index (χ3n) is 3.27. The first-order valence-electron chi connectivity index (χ1n) is 6.94. The van der Waals surface area contributed by atoms with Gasteiger partial charge >= 0.3 is 0 Å². The molecule has 6 heteroatoms. The maximum absolute atomic E-state index is 10.5. The van der Waals surface area contributed by atoms with Crippen LogP contribution in [-0.2, 0) is 13.0 Å². The van der Waals surface area contributed by atoms with Crippen molar-refractivity contribution < 1.29 is 9.84 Å². The lowest BCUT2D eigenvalue weighted by atomic mass is 10.1. The summed E-state index contributed by atoms with van der Waals surface area (Å²) in [6, 6.07) is 5.67. The Morgan fingerprint density at radius 3 is 2.81 bits per heavy atom. The van der Waals surface area contributed by atoms with Crippen LogP contribution >= 0.6 is 0 Å². The summed E-state index contributed by atoms with van der Waals surface area (Å²) >= 11 is 0. The number of rotatable bonds is 7. The van der Waals surface area contributed by atoms with Crippen molar-refractivity contribution in [1.29, 1.82) is 0 Å². The summed E-state index contributed by atoms with van der Waals surface area (Å²) < 4.78 is 7.11. The van der Waals surface area contributed by atoms with Gasteiger partial charge in [-0.05, 0) is 26.2 Å². The van der Waals surface area contributed by atoms with Crippen LogP contribution in [0.15, 0.2) is 30.6 Å². The number of aliphatic hydroxyl groups is 1. The Morgan fingerprint density at radius 1 is 1.38 bits per heavy atom. The van der Waals surface area contributed by atoms with Crippen molar-refractivity contribution in [2.75, 3.05) is 27.7 Å². The molecular formula is C15H22N4O2. The Kier molecular flexibility index (Phi) is 5.30. The van der Waals surface area contributed by atoms with E-state index in [0.29, 0.717) is 24.4 Å². The van der Waals surface area contributed by atoms with Crippen LogP contribution in [-0.4, -0.2) is 52.5 Å². The molecule has 0 spiro atoms. The predicted molar refractivity (Wildman–Crippen MR) is 80.2 cm³/mol. The van der Waals surface area contributed by atoms with Crippen molar-refractivity contribution in [2.24, 2.45) is 0 Å². The van der Waals surface area contributed by atoms with E-state index in [1.165, 1.54) is 0 Å². The second-order valence-electron chi connectivity index (χ2n) is 5.17. The highest BCUT2D eigenvalue weighted by Gasteiger charge is 2.20. The molecule has 2 aromatic rings. The van der Waals surface area contributed by atoms with Crippen molar-refractivity contribution in [2.45, 2.75) is 19.1 Å². The van der Waals surface area contributed by atoms with Crippen LogP contribution in [0.5, 0.6) is 5.75 Å². The van der Waals surface area contributed by atoms with Crippen LogP contribution in [0.1, 0.15) is 17.5 Å². The van der Waals surface area contributed by atoms with Crippen molar-refractivity contribution in [3.8, 4) is 5.75 Å². The zero-order chi connectivity index (χ0) is 15.2. The quantitative estimate of drug-likeness (QED) is 0.828. The molecule has 0 bridgehead atoms. The molecule has 0 fully saturated rings. The van der Waals surface area contributed by atoms with Gasteiger partial charge in [-0.25, -0.2) is 0 Å². The summed E-state index contributed by atoms with van der Waals surface area (Å²) in [6.07, 6.45) is 3.11. The molecular weight excluding hydrogens is 268 g/mol. The van der Waals surface area contributed by atoms with E-state index >= 15 is 0 Å². The zero-order valence-corrected chi connectivity index (χ0v) is 12.7. The van der Waals surface area contributed by atoms with E-state index in [-0.39, 0.29) is 0 Å². The third-order valence-corrected chi connectivity index (χ3v) is 3.27. The fraction of sp³-hybridized carbons (Fsp3) is 0.467. The molecule has 0 saturated heterocycles. The first-order valence-corrected chi connectivity index (χ1v) is 6.94. The number of likely N-dealkylation sites (N-methyl/N-ethyl adjacent to an activating group) is 1.